The zero-order valence-electron chi connectivity index (χ0n) is 16.6. The Hall–Kier alpha value is -1.44. The molecule has 2 heterocycles. The minimum Gasteiger partial charge on any atom is -0.379 e. The van der Waals surface area contributed by atoms with Gasteiger partial charge < -0.3 is 9.64 Å². The summed E-state index contributed by atoms with van der Waals surface area (Å²) in [6.07, 6.45) is 6.14. The van der Waals surface area contributed by atoms with Crippen molar-refractivity contribution in [2.75, 3.05) is 39.4 Å². The van der Waals surface area contributed by atoms with E-state index in [2.05, 4.69) is 0 Å². The van der Waals surface area contributed by atoms with Crippen LogP contribution in [0.3, 0.4) is 0 Å². The average Bonchev–Trinajstić information content (AvgIpc) is 2.73. The average molecular weight is 407 g/mol. The van der Waals surface area contributed by atoms with Crippen molar-refractivity contribution < 1.29 is 17.9 Å². The molecule has 3 fully saturated rings. The first-order chi connectivity index (χ1) is 13.5. The van der Waals surface area contributed by atoms with E-state index in [1.54, 1.807) is 25.1 Å². The maximum absolute atomic E-state index is 13.1. The first-order valence-corrected chi connectivity index (χ1v) is 11.9. The molecule has 1 amide bonds. The van der Waals surface area contributed by atoms with Crippen LogP contribution in [-0.4, -0.2) is 62.9 Å². The quantitative estimate of drug-likeness (QED) is 0.774. The van der Waals surface area contributed by atoms with Crippen molar-refractivity contribution in [3.05, 3.63) is 29.3 Å². The minimum atomic E-state index is -3.62. The van der Waals surface area contributed by atoms with E-state index in [9.17, 15) is 13.2 Å². The van der Waals surface area contributed by atoms with Crippen LogP contribution in [-0.2, 0) is 14.8 Å². The van der Waals surface area contributed by atoms with Crippen LogP contribution in [0.1, 0.15) is 48.0 Å². The van der Waals surface area contributed by atoms with Gasteiger partial charge in [-0.25, -0.2) is 8.42 Å². The molecule has 2 saturated heterocycles. The second kappa shape index (κ2) is 8.13. The van der Waals surface area contributed by atoms with Crippen LogP contribution < -0.4 is 0 Å². The Balaban J connectivity index is 1.55. The summed E-state index contributed by atoms with van der Waals surface area (Å²) in [5.74, 6) is 1.32. The molecule has 1 aliphatic carbocycles. The molecule has 0 spiro atoms. The predicted molar refractivity (Wildman–Crippen MR) is 107 cm³/mol. The molecule has 0 radical (unpaired) electrons. The highest BCUT2D eigenvalue weighted by molar-refractivity contribution is 7.89. The van der Waals surface area contributed by atoms with Gasteiger partial charge in [0.2, 0.25) is 10.0 Å². The highest BCUT2D eigenvalue weighted by Crippen LogP contribution is 2.36. The van der Waals surface area contributed by atoms with E-state index in [4.69, 9.17) is 4.74 Å². The number of hydrogen-bond donors (Lipinski definition) is 0. The van der Waals surface area contributed by atoms with Gasteiger partial charge in [-0.1, -0.05) is 25.3 Å². The number of nitrogens with zero attached hydrogens (tertiary/aromatic N) is 2. The maximum atomic E-state index is 13.1. The number of morpholine rings is 1. The fourth-order valence-electron chi connectivity index (χ4n) is 4.90. The number of ether oxygens (including phenoxy) is 1. The molecule has 7 heteroatoms. The normalized spacial score (nSPS) is 26.7. The summed E-state index contributed by atoms with van der Waals surface area (Å²) in [7, 11) is -3.62. The van der Waals surface area contributed by atoms with E-state index in [-0.39, 0.29) is 10.8 Å². The first-order valence-electron chi connectivity index (χ1n) is 10.4. The number of hydrogen-bond acceptors (Lipinski definition) is 4. The summed E-state index contributed by atoms with van der Waals surface area (Å²) < 4.78 is 32.9. The molecule has 6 nitrogen and oxygen atoms in total. The molecule has 1 saturated carbocycles. The van der Waals surface area contributed by atoms with Gasteiger partial charge in [-0.15, -0.1) is 0 Å². The number of rotatable bonds is 3. The number of piperidine rings is 1. The van der Waals surface area contributed by atoms with Crippen LogP contribution in [0.4, 0.5) is 0 Å². The topological polar surface area (TPSA) is 66.9 Å². The molecular weight excluding hydrogens is 376 g/mol. The number of carbonyl (C=O) groups is 1. The predicted octanol–water partition coefficient (Wildman–Crippen LogP) is 2.67. The second-order valence-electron chi connectivity index (χ2n) is 8.34. The van der Waals surface area contributed by atoms with Gasteiger partial charge in [-0.3, -0.25) is 4.79 Å². The van der Waals surface area contributed by atoms with Crippen molar-refractivity contribution in [3.63, 3.8) is 0 Å². The Morgan fingerprint density at radius 2 is 1.75 bits per heavy atom. The lowest BCUT2D eigenvalue weighted by Gasteiger charge is -2.41. The van der Waals surface area contributed by atoms with Gasteiger partial charge in [-0.05, 0) is 49.3 Å². The Kier molecular flexibility index (Phi) is 5.76. The zero-order valence-corrected chi connectivity index (χ0v) is 17.4. The van der Waals surface area contributed by atoms with Gasteiger partial charge in [0.25, 0.3) is 5.91 Å². The second-order valence-corrected chi connectivity index (χ2v) is 10.2. The van der Waals surface area contributed by atoms with E-state index >= 15 is 0 Å². The molecule has 2 atom stereocenters. The maximum Gasteiger partial charge on any atom is 0.253 e. The van der Waals surface area contributed by atoms with E-state index in [1.807, 2.05) is 4.90 Å². The molecule has 0 N–H and O–H groups in total. The Morgan fingerprint density at radius 1 is 1.04 bits per heavy atom. The fourth-order valence-corrected chi connectivity index (χ4v) is 6.56. The van der Waals surface area contributed by atoms with Gasteiger partial charge in [0, 0.05) is 31.7 Å². The summed E-state index contributed by atoms with van der Waals surface area (Å²) in [6.45, 7) is 4.90. The number of benzene rings is 1. The lowest BCUT2D eigenvalue weighted by molar-refractivity contribution is 0.0520. The third-order valence-electron chi connectivity index (χ3n) is 6.60. The summed E-state index contributed by atoms with van der Waals surface area (Å²) >= 11 is 0. The smallest absolute Gasteiger partial charge is 0.253 e. The van der Waals surface area contributed by atoms with Gasteiger partial charge in [0.1, 0.15) is 0 Å². The van der Waals surface area contributed by atoms with Crippen molar-refractivity contribution in [1.82, 2.24) is 9.21 Å². The van der Waals surface area contributed by atoms with E-state index < -0.39 is 10.0 Å². The Morgan fingerprint density at radius 3 is 2.50 bits per heavy atom. The lowest BCUT2D eigenvalue weighted by atomic mass is 9.75. The van der Waals surface area contributed by atoms with Gasteiger partial charge in [0.15, 0.2) is 0 Å². The molecule has 154 valence electrons. The van der Waals surface area contributed by atoms with Crippen LogP contribution in [0.25, 0.3) is 0 Å². The molecule has 28 heavy (non-hydrogen) atoms. The molecule has 1 aromatic rings. The fraction of sp³-hybridized carbons (Fsp3) is 0.667. The van der Waals surface area contributed by atoms with Crippen molar-refractivity contribution in [1.29, 1.82) is 0 Å². The first kappa shape index (κ1) is 19.9. The van der Waals surface area contributed by atoms with Crippen LogP contribution in [0.5, 0.6) is 0 Å². The molecule has 0 bridgehead atoms. The standard InChI is InChI=1S/C21H30N2O4S/c1-16-6-7-18(14-20(16)28(25,26)23-10-12-27-13-11-23)21(24)22-9-8-17-4-2-3-5-19(17)15-22/h6-7,14,17,19H,2-5,8-13,15H2,1H3/t17-,19-/m1/s1. The van der Waals surface area contributed by atoms with Crippen molar-refractivity contribution in [3.8, 4) is 0 Å². The van der Waals surface area contributed by atoms with Gasteiger partial charge >= 0.3 is 0 Å². The Labute approximate surface area is 167 Å². The van der Waals surface area contributed by atoms with Crippen LogP contribution >= 0.6 is 0 Å². The summed E-state index contributed by atoms with van der Waals surface area (Å²) in [5.41, 5.74) is 1.15. The van der Waals surface area contributed by atoms with Crippen molar-refractivity contribution in [2.45, 2.75) is 43.9 Å². The number of aryl methyl sites for hydroxylation is 1. The molecule has 4 rings (SSSR count). The van der Waals surface area contributed by atoms with Gasteiger partial charge in [0.05, 0.1) is 18.1 Å². The molecule has 0 unspecified atom stereocenters. The molecule has 0 aromatic heterocycles. The third-order valence-corrected chi connectivity index (χ3v) is 8.64. The van der Waals surface area contributed by atoms with Crippen LogP contribution in [0, 0.1) is 18.8 Å². The monoisotopic (exact) mass is 406 g/mol. The molecular formula is C21H30N2O4S. The number of fused-ring (bicyclic) bond motifs is 1. The third kappa shape index (κ3) is 3.84. The van der Waals surface area contributed by atoms with E-state index in [0.717, 1.165) is 25.4 Å². The number of amides is 1. The van der Waals surface area contributed by atoms with Crippen molar-refractivity contribution >= 4 is 15.9 Å². The SMILES string of the molecule is Cc1ccc(C(=O)N2CC[C@H]3CCCC[C@@H]3C2)cc1S(=O)(=O)N1CCOCC1. The lowest BCUT2D eigenvalue weighted by Crippen LogP contribution is -2.45. The highest BCUT2D eigenvalue weighted by atomic mass is 32.2. The summed E-state index contributed by atoms with van der Waals surface area (Å²) in [6, 6.07) is 5.10. The number of likely N-dealkylation sites (tertiary alicyclic amines) is 1. The van der Waals surface area contributed by atoms with Crippen LogP contribution in [0.15, 0.2) is 23.1 Å². The summed E-state index contributed by atoms with van der Waals surface area (Å²) in [4.78, 5) is 15.3. The van der Waals surface area contributed by atoms with E-state index in [0.29, 0.717) is 43.3 Å². The number of sulfonamides is 1. The minimum absolute atomic E-state index is 0.0394. The van der Waals surface area contributed by atoms with Gasteiger partial charge in [-0.2, -0.15) is 4.31 Å². The Bertz CT molecular complexity index is 833. The molecule has 3 aliphatic rings. The van der Waals surface area contributed by atoms with Crippen LogP contribution in [0.2, 0.25) is 0 Å². The summed E-state index contributed by atoms with van der Waals surface area (Å²) in [5, 5.41) is 0. The van der Waals surface area contributed by atoms with E-state index in [1.165, 1.54) is 30.0 Å². The zero-order chi connectivity index (χ0) is 19.7. The van der Waals surface area contributed by atoms with Crippen molar-refractivity contribution in [2.24, 2.45) is 11.8 Å². The molecule has 2 aliphatic heterocycles. The largest absolute Gasteiger partial charge is 0.379 e. The molecule has 1 aromatic carbocycles. The number of carbonyl (C=O) groups excluding carboxylic acids is 1. The highest BCUT2D eigenvalue weighted by Gasteiger charge is 2.34.